The number of benzene rings is 2. The molecule has 0 radical (unpaired) electrons. The van der Waals surface area contributed by atoms with Crippen LogP contribution in [0.3, 0.4) is 0 Å². The molecule has 8 heteroatoms. The number of methoxy groups -OCH3 is 1. The number of fused-ring (bicyclic) bond motifs is 1. The summed E-state index contributed by atoms with van der Waals surface area (Å²) in [5.74, 6) is 0.810. The van der Waals surface area contributed by atoms with Crippen LogP contribution >= 0.6 is 23.4 Å². The number of anilines is 2. The van der Waals surface area contributed by atoms with E-state index in [9.17, 15) is 4.39 Å². The molecule has 2 aromatic carbocycles. The first-order valence-corrected chi connectivity index (χ1v) is 10.3. The van der Waals surface area contributed by atoms with Gasteiger partial charge in [-0.2, -0.15) is 0 Å². The number of nitrogens with one attached hydrogen (secondary N) is 2. The molecule has 1 aromatic heterocycles. The number of rotatable bonds is 5. The van der Waals surface area contributed by atoms with Crippen LogP contribution in [0, 0.1) is 5.82 Å². The van der Waals surface area contributed by atoms with Crippen molar-refractivity contribution >= 4 is 45.8 Å². The van der Waals surface area contributed by atoms with Crippen molar-refractivity contribution in [3.63, 3.8) is 0 Å². The highest BCUT2D eigenvalue weighted by molar-refractivity contribution is 8.00. The fourth-order valence-electron chi connectivity index (χ4n) is 3.24. The minimum atomic E-state index is -0.506. The molecular weight excluding hydrogens is 399 g/mol. The third-order valence-electron chi connectivity index (χ3n) is 4.71. The van der Waals surface area contributed by atoms with E-state index < -0.39 is 5.82 Å². The standard InChI is InChI=1S/C20H20ClFN4OS/c1-27-17-10-16-13(9-18(17)28-12-5-7-23-8-6-12)20(25-11-24-16)26-15-4-2-3-14(21)19(15)22/h2-4,9-12,23H,5-8H2,1H3,(H,24,25,26). The van der Waals surface area contributed by atoms with Crippen molar-refractivity contribution in [1.82, 2.24) is 15.3 Å². The number of halogens is 2. The lowest BCUT2D eigenvalue weighted by Gasteiger charge is -2.23. The topological polar surface area (TPSA) is 59.1 Å². The van der Waals surface area contributed by atoms with Gasteiger partial charge >= 0.3 is 0 Å². The third-order valence-corrected chi connectivity index (χ3v) is 6.37. The van der Waals surface area contributed by atoms with Crippen molar-refractivity contribution in [2.75, 3.05) is 25.5 Å². The number of hydrogen-bond acceptors (Lipinski definition) is 6. The molecule has 1 aliphatic rings. The number of nitrogens with zero attached hydrogens (tertiary/aromatic N) is 2. The minimum absolute atomic E-state index is 0.0622. The molecule has 3 aromatic rings. The summed E-state index contributed by atoms with van der Waals surface area (Å²) < 4.78 is 19.9. The summed E-state index contributed by atoms with van der Waals surface area (Å²) in [5, 5.41) is 7.83. The number of aromatic nitrogens is 2. The van der Waals surface area contributed by atoms with Crippen molar-refractivity contribution in [2.45, 2.75) is 23.0 Å². The normalized spacial score (nSPS) is 15.0. The van der Waals surface area contributed by atoms with E-state index in [0.29, 0.717) is 11.1 Å². The summed E-state index contributed by atoms with van der Waals surface area (Å²) in [6, 6.07) is 8.76. The van der Waals surface area contributed by atoms with Gasteiger partial charge in [0.05, 0.1) is 28.2 Å². The van der Waals surface area contributed by atoms with Gasteiger partial charge in [-0.05, 0) is 44.1 Å². The summed E-state index contributed by atoms with van der Waals surface area (Å²) >= 11 is 7.71. The zero-order valence-corrected chi connectivity index (χ0v) is 16.9. The van der Waals surface area contributed by atoms with Crippen LogP contribution in [0.2, 0.25) is 5.02 Å². The SMILES string of the molecule is COc1cc2ncnc(Nc3cccc(Cl)c3F)c2cc1SC1CCNCC1. The molecule has 0 unspecified atom stereocenters. The lowest BCUT2D eigenvalue weighted by atomic mass is 10.2. The molecule has 1 aliphatic heterocycles. The Kier molecular flexibility index (Phi) is 5.85. The highest BCUT2D eigenvalue weighted by Gasteiger charge is 2.18. The van der Waals surface area contributed by atoms with Gasteiger partial charge in [-0.15, -0.1) is 11.8 Å². The molecule has 1 fully saturated rings. The van der Waals surface area contributed by atoms with Crippen LogP contribution in [0.5, 0.6) is 5.75 Å². The maximum Gasteiger partial charge on any atom is 0.165 e. The van der Waals surface area contributed by atoms with Crippen LogP contribution in [-0.4, -0.2) is 35.4 Å². The second-order valence-corrected chi connectivity index (χ2v) is 8.29. The maximum absolute atomic E-state index is 14.3. The Morgan fingerprint density at radius 3 is 2.86 bits per heavy atom. The Bertz CT molecular complexity index is 997. The predicted octanol–water partition coefficient (Wildman–Crippen LogP) is 5.02. The molecule has 28 heavy (non-hydrogen) atoms. The molecule has 1 saturated heterocycles. The molecule has 0 saturated carbocycles. The Labute approximate surface area is 172 Å². The van der Waals surface area contributed by atoms with E-state index in [1.54, 1.807) is 19.2 Å². The summed E-state index contributed by atoms with van der Waals surface area (Å²) in [6.07, 6.45) is 3.66. The lowest BCUT2D eigenvalue weighted by molar-refractivity contribution is 0.405. The van der Waals surface area contributed by atoms with E-state index in [2.05, 4.69) is 20.6 Å². The molecule has 0 bridgehead atoms. The van der Waals surface area contributed by atoms with Gasteiger partial charge in [-0.3, -0.25) is 0 Å². The molecule has 0 amide bonds. The van der Waals surface area contributed by atoms with Crippen LogP contribution in [0.15, 0.2) is 41.6 Å². The minimum Gasteiger partial charge on any atom is -0.496 e. The second-order valence-electron chi connectivity index (χ2n) is 6.54. The quantitative estimate of drug-likeness (QED) is 0.606. The highest BCUT2D eigenvalue weighted by atomic mass is 35.5. The number of thioether (sulfide) groups is 1. The van der Waals surface area contributed by atoms with Crippen molar-refractivity contribution in [3.05, 3.63) is 47.5 Å². The number of hydrogen-bond donors (Lipinski definition) is 2. The molecule has 146 valence electrons. The number of piperidine rings is 1. The van der Waals surface area contributed by atoms with Crippen LogP contribution in [-0.2, 0) is 0 Å². The van der Waals surface area contributed by atoms with E-state index in [1.807, 2.05) is 23.9 Å². The predicted molar refractivity (Wildman–Crippen MR) is 113 cm³/mol. The van der Waals surface area contributed by atoms with Gasteiger partial charge in [0.15, 0.2) is 5.82 Å². The molecule has 5 nitrogen and oxygen atoms in total. The Morgan fingerprint density at radius 2 is 2.07 bits per heavy atom. The number of ether oxygens (including phenoxy) is 1. The van der Waals surface area contributed by atoms with Gasteiger partial charge in [0.1, 0.15) is 17.9 Å². The van der Waals surface area contributed by atoms with Crippen molar-refractivity contribution in [2.24, 2.45) is 0 Å². The van der Waals surface area contributed by atoms with Crippen molar-refractivity contribution < 1.29 is 9.13 Å². The van der Waals surface area contributed by atoms with Gasteiger partial charge in [-0.25, -0.2) is 14.4 Å². The largest absolute Gasteiger partial charge is 0.496 e. The average molecular weight is 419 g/mol. The maximum atomic E-state index is 14.3. The van der Waals surface area contributed by atoms with Crippen LogP contribution in [0.1, 0.15) is 12.8 Å². The molecule has 4 rings (SSSR count). The van der Waals surface area contributed by atoms with Gasteiger partial charge in [-0.1, -0.05) is 17.7 Å². The van der Waals surface area contributed by atoms with E-state index in [0.717, 1.165) is 47.5 Å². The summed E-state index contributed by atoms with van der Waals surface area (Å²) in [7, 11) is 1.66. The zero-order chi connectivity index (χ0) is 19.5. The van der Waals surface area contributed by atoms with E-state index in [1.165, 1.54) is 12.4 Å². The molecule has 2 heterocycles. The van der Waals surface area contributed by atoms with E-state index >= 15 is 0 Å². The lowest BCUT2D eigenvalue weighted by Crippen LogP contribution is -2.29. The van der Waals surface area contributed by atoms with E-state index in [-0.39, 0.29) is 10.7 Å². The monoisotopic (exact) mass is 418 g/mol. The summed E-state index contributed by atoms with van der Waals surface area (Å²) in [4.78, 5) is 9.71. The van der Waals surface area contributed by atoms with Crippen LogP contribution in [0.4, 0.5) is 15.9 Å². The first kappa shape index (κ1) is 19.2. The Morgan fingerprint density at radius 1 is 1.25 bits per heavy atom. The fourth-order valence-corrected chi connectivity index (χ4v) is 4.69. The highest BCUT2D eigenvalue weighted by Crippen LogP contribution is 2.39. The Hall–Kier alpha value is -2.09. The van der Waals surface area contributed by atoms with E-state index in [4.69, 9.17) is 16.3 Å². The van der Waals surface area contributed by atoms with Crippen molar-refractivity contribution in [3.8, 4) is 5.75 Å². The van der Waals surface area contributed by atoms with Crippen molar-refractivity contribution in [1.29, 1.82) is 0 Å². The van der Waals surface area contributed by atoms with Crippen LogP contribution in [0.25, 0.3) is 10.9 Å². The molecule has 0 aliphatic carbocycles. The van der Waals surface area contributed by atoms with Gasteiger partial charge in [0.25, 0.3) is 0 Å². The second kappa shape index (κ2) is 8.51. The molecule has 0 atom stereocenters. The fraction of sp³-hybridized carbons (Fsp3) is 0.300. The summed E-state index contributed by atoms with van der Waals surface area (Å²) in [6.45, 7) is 2.05. The average Bonchev–Trinajstić information content (AvgIpc) is 2.72. The smallest absolute Gasteiger partial charge is 0.165 e. The zero-order valence-electron chi connectivity index (χ0n) is 15.3. The molecular formula is C20H20ClFN4OS. The Balaban J connectivity index is 1.73. The van der Waals surface area contributed by atoms with Crippen LogP contribution < -0.4 is 15.4 Å². The van der Waals surface area contributed by atoms with Gasteiger partial charge in [0, 0.05) is 16.7 Å². The molecule has 2 N–H and O–H groups in total. The first-order chi connectivity index (χ1) is 13.7. The van der Waals surface area contributed by atoms with Gasteiger partial charge in [0.2, 0.25) is 0 Å². The molecule has 0 spiro atoms. The first-order valence-electron chi connectivity index (χ1n) is 9.07. The summed E-state index contributed by atoms with van der Waals surface area (Å²) in [5.41, 5.74) is 1.00. The van der Waals surface area contributed by atoms with Gasteiger partial charge < -0.3 is 15.4 Å². The third kappa shape index (κ3) is 4.01.